The standard InChI is InChI=1S/C16H22N2O2/c1-12-5-6-13(9-15(12)16(19)20)18-10-14(11-18)17-7-3-2-4-8-17/h5-6,9,14H,2-4,7-8,10-11H2,1H3,(H,19,20). The van der Waals surface area contributed by atoms with Gasteiger partial charge in [-0.1, -0.05) is 12.5 Å². The Morgan fingerprint density at radius 1 is 1.20 bits per heavy atom. The molecular formula is C16H22N2O2. The maximum atomic E-state index is 11.2. The molecule has 0 amide bonds. The molecule has 0 bridgehead atoms. The summed E-state index contributed by atoms with van der Waals surface area (Å²) in [5.74, 6) is -0.836. The predicted octanol–water partition coefficient (Wildman–Crippen LogP) is 2.37. The van der Waals surface area contributed by atoms with Crippen molar-refractivity contribution in [3.8, 4) is 0 Å². The van der Waals surface area contributed by atoms with Gasteiger partial charge in [-0.3, -0.25) is 4.90 Å². The van der Waals surface area contributed by atoms with E-state index in [0.29, 0.717) is 11.6 Å². The molecule has 1 aromatic rings. The van der Waals surface area contributed by atoms with Gasteiger partial charge in [-0.15, -0.1) is 0 Å². The molecule has 0 unspecified atom stereocenters. The van der Waals surface area contributed by atoms with E-state index in [1.165, 1.54) is 32.4 Å². The lowest BCUT2D eigenvalue weighted by Crippen LogP contribution is -2.60. The van der Waals surface area contributed by atoms with Crippen LogP contribution in [0.25, 0.3) is 0 Å². The number of hydrogen-bond acceptors (Lipinski definition) is 3. The zero-order valence-corrected chi connectivity index (χ0v) is 12.0. The molecule has 4 nitrogen and oxygen atoms in total. The van der Waals surface area contributed by atoms with Gasteiger partial charge in [0.25, 0.3) is 0 Å². The lowest BCUT2D eigenvalue weighted by atomic mass is 10.0. The third-order valence-electron chi connectivity index (χ3n) is 4.59. The van der Waals surface area contributed by atoms with Crippen molar-refractivity contribution < 1.29 is 9.90 Å². The highest BCUT2D eigenvalue weighted by Gasteiger charge is 2.32. The first-order valence-electron chi connectivity index (χ1n) is 7.48. The normalized spacial score (nSPS) is 20.8. The Morgan fingerprint density at radius 3 is 2.55 bits per heavy atom. The number of carboxylic acid groups (broad SMARTS) is 1. The van der Waals surface area contributed by atoms with Gasteiger partial charge in [0, 0.05) is 24.8 Å². The molecule has 2 heterocycles. The summed E-state index contributed by atoms with van der Waals surface area (Å²) < 4.78 is 0. The van der Waals surface area contributed by atoms with Crippen LogP contribution in [0.1, 0.15) is 35.2 Å². The zero-order chi connectivity index (χ0) is 14.1. The zero-order valence-electron chi connectivity index (χ0n) is 12.0. The van der Waals surface area contributed by atoms with E-state index in [9.17, 15) is 9.90 Å². The van der Waals surface area contributed by atoms with Gasteiger partial charge in [0.2, 0.25) is 0 Å². The van der Waals surface area contributed by atoms with Gasteiger partial charge in [0.15, 0.2) is 0 Å². The highest BCUT2D eigenvalue weighted by molar-refractivity contribution is 5.90. The molecule has 0 atom stereocenters. The number of nitrogens with zero attached hydrogens (tertiary/aromatic N) is 2. The molecular weight excluding hydrogens is 252 g/mol. The Bertz CT molecular complexity index is 503. The molecule has 2 aliphatic heterocycles. The van der Waals surface area contributed by atoms with E-state index in [-0.39, 0.29) is 0 Å². The fraction of sp³-hybridized carbons (Fsp3) is 0.562. The summed E-state index contributed by atoms with van der Waals surface area (Å²) in [7, 11) is 0. The Balaban J connectivity index is 1.64. The molecule has 0 spiro atoms. The summed E-state index contributed by atoms with van der Waals surface area (Å²) in [6, 6.07) is 6.41. The van der Waals surface area contributed by atoms with Crippen molar-refractivity contribution in [2.45, 2.75) is 32.2 Å². The van der Waals surface area contributed by atoms with Crippen molar-refractivity contribution in [1.29, 1.82) is 0 Å². The van der Waals surface area contributed by atoms with E-state index in [4.69, 9.17) is 0 Å². The Kier molecular flexibility index (Phi) is 3.66. The predicted molar refractivity (Wildman–Crippen MR) is 79.6 cm³/mol. The van der Waals surface area contributed by atoms with Gasteiger partial charge in [0.05, 0.1) is 5.56 Å². The minimum absolute atomic E-state index is 0.420. The molecule has 4 heteroatoms. The number of carboxylic acids is 1. The van der Waals surface area contributed by atoms with Gasteiger partial charge < -0.3 is 10.0 Å². The second-order valence-electron chi connectivity index (χ2n) is 5.96. The molecule has 0 radical (unpaired) electrons. The second-order valence-corrected chi connectivity index (χ2v) is 5.96. The molecule has 0 saturated carbocycles. The van der Waals surface area contributed by atoms with Gasteiger partial charge in [-0.2, -0.15) is 0 Å². The first kappa shape index (κ1) is 13.4. The van der Waals surface area contributed by atoms with Crippen LogP contribution in [0.15, 0.2) is 18.2 Å². The molecule has 3 rings (SSSR count). The minimum atomic E-state index is -0.836. The summed E-state index contributed by atoms with van der Waals surface area (Å²) in [6.07, 6.45) is 4.02. The van der Waals surface area contributed by atoms with Crippen LogP contribution in [0.2, 0.25) is 0 Å². The first-order valence-corrected chi connectivity index (χ1v) is 7.48. The van der Waals surface area contributed by atoms with Crippen LogP contribution in [-0.4, -0.2) is 48.2 Å². The van der Waals surface area contributed by atoms with Crippen LogP contribution < -0.4 is 4.90 Å². The number of anilines is 1. The number of benzene rings is 1. The van der Waals surface area contributed by atoms with Crippen LogP contribution in [0.5, 0.6) is 0 Å². The summed E-state index contributed by atoms with van der Waals surface area (Å²) in [5, 5.41) is 9.19. The molecule has 0 aromatic heterocycles. The number of hydrogen-bond donors (Lipinski definition) is 1. The molecule has 2 saturated heterocycles. The summed E-state index contributed by atoms with van der Waals surface area (Å²) in [6.45, 7) is 6.36. The monoisotopic (exact) mass is 274 g/mol. The molecule has 2 fully saturated rings. The second kappa shape index (κ2) is 5.44. The molecule has 2 aliphatic rings. The van der Waals surface area contributed by atoms with E-state index in [1.54, 1.807) is 0 Å². The number of likely N-dealkylation sites (tertiary alicyclic amines) is 1. The maximum Gasteiger partial charge on any atom is 0.336 e. The number of piperidine rings is 1. The number of rotatable bonds is 3. The van der Waals surface area contributed by atoms with E-state index in [2.05, 4.69) is 9.80 Å². The molecule has 20 heavy (non-hydrogen) atoms. The van der Waals surface area contributed by atoms with Crippen molar-refractivity contribution in [2.75, 3.05) is 31.1 Å². The summed E-state index contributed by atoms with van der Waals surface area (Å²) in [5.41, 5.74) is 2.29. The van der Waals surface area contributed by atoms with Gasteiger partial charge in [-0.25, -0.2) is 4.79 Å². The third kappa shape index (κ3) is 2.52. The van der Waals surface area contributed by atoms with Gasteiger partial charge in [-0.05, 0) is 50.6 Å². The van der Waals surface area contributed by atoms with Crippen LogP contribution in [-0.2, 0) is 0 Å². The van der Waals surface area contributed by atoms with Gasteiger partial charge >= 0.3 is 5.97 Å². The average molecular weight is 274 g/mol. The van der Waals surface area contributed by atoms with Crippen LogP contribution in [0.3, 0.4) is 0 Å². The Morgan fingerprint density at radius 2 is 1.90 bits per heavy atom. The topological polar surface area (TPSA) is 43.8 Å². The smallest absolute Gasteiger partial charge is 0.336 e. The molecule has 108 valence electrons. The maximum absolute atomic E-state index is 11.2. The average Bonchev–Trinajstić information content (AvgIpc) is 2.40. The van der Waals surface area contributed by atoms with Crippen molar-refractivity contribution in [3.05, 3.63) is 29.3 Å². The van der Waals surface area contributed by atoms with Crippen LogP contribution in [0, 0.1) is 6.92 Å². The quantitative estimate of drug-likeness (QED) is 0.919. The van der Waals surface area contributed by atoms with Crippen molar-refractivity contribution in [2.24, 2.45) is 0 Å². The van der Waals surface area contributed by atoms with E-state index >= 15 is 0 Å². The summed E-state index contributed by atoms with van der Waals surface area (Å²) >= 11 is 0. The fourth-order valence-corrected chi connectivity index (χ4v) is 3.22. The van der Waals surface area contributed by atoms with E-state index in [0.717, 1.165) is 24.3 Å². The number of carbonyl (C=O) groups is 1. The van der Waals surface area contributed by atoms with Crippen molar-refractivity contribution in [1.82, 2.24) is 4.90 Å². The highest BCUT2D eigenvalue weighted by atomic mass is 16.4. The molecule has 1 aromatic carbocycles. The largest absolute Gasteiger partial charge is 0.478 e. The minimum Gasteiger partial charge on any atom is -0.478 e. The lowest BCUT2D eigenvalue weighted by Gasteiger charge is -2.48. The third-order valence-corrected chi connectivity index (χ3v) is 4.59. The van der Waals surface area contributed by atoms with Crippen LogP contribution in [0.4, 0.5) is 5.69 Å². The van der Waals surface area contributed by atoms with E-state index < -0.39 is 5.97 Å². The van der Waals surface area contributed by atoms with Crippen molar-refractivity contribution in [3.63, 3.8) is 0 Å². The van der Waals surface area contributed by atoms with E-state index in [1.807, 2.05) is 25.1 Å². The summed E-state index contributed by atoms with van der Waals surface area (Å²) in [4.78, 5) is 16.1. The lowest BCUT2D eigenvalue weighted by molar-refractivity contribution is 0.0696. The first-order chi connectivity index (χ1) is 9.65. The molecule has 1 N–H and O–H groups in total. The van der Waals surface area contributed by atoms with Gasteiger partial charge in [0.1, 0.15) is 0 Å². The fourth-order valence-electron chi connectivity index (χ4n) is 3.22. The Hall–Kier alpha value is -1.55. The highest BCUT2D eigenvalue weighted by Crippen LogP contribution is 2.27. The number of aromatic carboxylic acids is 1. The Labute approximate surface area is 120 Å². The number of aryl methyl sites for hydroxylation is 1. The molecule has 0 aliphatic carbocycles. The SMILES string of the molecule is Cc1ccc(N2CC(N3CCCCC3)C2)cc1C(=O)O. The van der Waals surface area contributed by atoms with Crippen LogP contribution >= 0.6 is 0 Å². The van der Waals surface area contributed by atoms with Crippen molar-refractivity contribution >= 4 is 11.7 Å².